The zero-order valence-corrected chi connectivity index (χ0v) is 12.0. The molecule has 1 amide bonds. The van der Waals surface area contributed by atoms with Gasteiger partial charge in [-0.3, -0.25) is 19.5 Å². The highest BCUT2D eigenvalue weighted by atomic mass is 16.2. The van der Waals surface area contributed by atoms with Crippen molar-refractivity contribution in [2.75, 3.05) is 26.2 Å². The molecule has 1 saturated heterocycles. The monoisotopic (exact) mass is 289 g/mol. The second-order valence-corrected chi connectivity index (χ2v) is 5.20. The quantitative estimate of drug-likeness (QED) is 0.850. The van der Waals surface area contributed by atoms with E-state index in [0.717, 1.165) is 38.5 Å². The zero-order valence-electron chi connectivity index (χ0n) is 12.0. The number of hydrogen-bond acceptors (Lipinski definition) is 5. The fourth-order valence-corrected chi connectivity index (χ4v) is 2.53. The largest absolute Gasteiger partial charge is 0.338 e. The van der Waals surface area contributed by atoms with E-state index in [1.54, 1.807) is 10.9 Å². The zero-order chi connectivity index (χ0) is 14.7. The minimum atomic E-state index is -0.249. The van der Waals surface area contributed by atoms with E-state index in [9.17, 15) is 4.79 Å². The van der Waals surface area contributed by atoms with Gasteiger partial charge in [-0.2, -0.15) is 10.2 Å². The molecular weight excluding hydrogens is 270 g/mol. The van der Waals surface area contributed by atoms with Gasteiger partial charge in [-0.15, -0.1) is 0 Å². The van der Waals surface area contributed by atoms with Crippen LogP contribution in [0.25, 0.3) is 0 Å². The minimum Gasteiger partial charge on any atom is -0.338 e. The maximum Gasteiger partial charge on any atom is 0.247 e. The molecule has 0 spiro atoms. The van der Waals surface area contributed by atoms with Crippen LogP contribution in [0.5, 0.6) is 0 Å². The fourth-order valence-electron chi connectivity index (χ4n) is 2.53. The van der Waals surface area contributed by atoms with Gasteiger partial charge in [0.2, 0.25) is 5.91 Å². The summed E-state index contributed by atoms with van der Waals surface area (Å²) >= 11 is 0. The number of rotatable bonds is 4. The lowest BCUT2D eigenvalue weighted by atomic mass is 10.2. The van der Waals surface area contributed by atoms with Crippen LogP contribution in [0, 0.1) is 0 Å². The van der Waals surface area contributed by atoms with Gasteiger partial charge in [-0.25, -0.2) is 4.98 Å². The minimum absolute atomic E-state index is 0.123. The third-order valence-corrected chi connectivity index (χ3v) is 3.80. The predicted octanol–water partition coefficient (Wildman–Crippen LogP) is -0.0934. The molecule has 2 aromatic rings. The Bertz CT molecular complexity index is 557. The molecule has 0 unspecified atom stereocenters. The molecule has 0 bridgehead atoms. The summed E-state index contributed by atoms with van der Waals surface area (Å²) in [5, 5.41) is 10.8. The van der Waals surface area contributed by atoms with E-state index < -0.39 is 0 Å². The van der Waals surface area contributed by atoms with E-state index in [4.69, 9.17) is 0 Å². The van der Waals surface area contributed by atoms with E-state index in [0.29, 0.717) is 0 Å². The number of H-pyrrole nitrogens is 1. The second kappa shape index (κ2) is 6.04. The van der Waals surface area contributed by atoms with Crippen molar-refractivity contribution in [3.63, 3.8) is 0 Å². The molecule has 0 aliphatic carbocycles. The maximum atomic E-state index is 12.4. The summed E-state index contributed by atoms with van der Waals surface area (Å²) < 4.78 is 1.70. The summed E-state index contributed by atoms with van der Waals surface area (Å²) in [5.41, 5.74) is 0. The van der Waals surface area contributed by atoms with Crippen LogP contribution in [0.15, 0.2) is 24.8 Å². The molecule has 8 heteroatoms. The third-order valence-electron chi connectivity index (χ3n) is 3.80. The Hall–Kier alpha value is -2.22. The number of amides is 1. The van der Waals surface area contributed by atoms with Crippen molar-refractivity contribution in [3.05, 3.63) is 30.6 Å². The van der Waals surface area contributed by atoms with Gasteiger partial charge in [-0.1, -0.05) is 0 Å². The summed E-state index contributed by atoms with van der Waals surface area (Å²) in [4.78, 5) is 20.7. The van der Waals surface area contributed by atoms with Crippen LogP contribution < -0.4 is 0 Å². The highest BCUT2D eigenvalue weighted by molar-refractivity contribution is 5.80. The summed E-state index contributed by atoms with van der Waals surface area (Å²) in [6.45, 7) is 5.79. The summed E-state index contributed by atoms with van der Waals surface area (Å²) in [7, 11) is 0. The Balaban J connectivity index is 1.52. The van der Waals surface area contributed by atoms with E-state index in [2.05, 4.69) is 25.2 Å². The number of carbonyl (C=O) groups is 1. The lowest BCUT2D eigenvalue weighted by Gasteiger charge is -2.35. The van der Waals surface area contributed by atoms with Crippen molar-refractivity contribution in [2.24, 2.45) is 0 Å². The highest BCUT2D eigenvalue weighted by Gasteiger charge is 2.26. The number of carbonyl (C=O) groups excluding carboxylic acids is 1. The molecule has 112 valence electrons. The Morgan fingerprint density at radius 2 is 2.19 bits per heavy atom. The molecule has 1 aliphatic rings. The van der Waals surface area contributed by atoms with Crippen LogP contribution in [0.1, 0.15) is 18.8 Å². The normalized spacial score (nSPS) is 17.9. The average molecular weight is 289 g/mol. The predicted molar refractivity (Wildman–Crippen MR) is 75.2 cm³/mol. The van der Waals surface area contributed by atoms with Crippen molar-refractivity contribution in [1.82, 2.24) is 34.8 Å². The van der Waals surface area contributed by atoms with Crippen LogP contribution >= 0.6 is 0 Å². The SMILES string of the molecule is C[C@H](C(=O)N1CCN(Cc2ncn[nH]2)CC1)n1cccn1. The molecule has 1 fully saturated rings. The standard InChI is InChI=1S/C13H19N7O/c1-11(20-4-2-3-16-20)13(21)19-7-5-18(6-8-19)9-12-14-10-15-17-12/h2-4,10-11H,5-9H2,1H3,(H,14,15,17)/t11-/m1/s1. The number of piperazine rings is 1. The van der Waals surface area contributed by atoms with Gasteiger partial charge in [-0.05, 0) is 13.0 Å². The molecule has 3 rings (SSSR count). The van der Waals surface area contributed by atoms with Gasteiger partial charge in [0, 0.05) is 38.6 Å². The van der Waals surface area contributed by atoms with Crippen molar-refractivity contribution >= 4 is 5.91 Å². The molecule has 3 heterocycles. The third kappa shape index (κ3) is 3.10. The Labute approximate surface area is 122 Å². The molecule has 1 atom stereocenters. The number of nitrogens with zero attached hydrogens (tertiary/aromatic N) is 6. The topological polar surface area (TPSA) is 82.9 Å². The molecule has 1 N–H and O–H groups in total. The number of nitrogens with one attached hydrogen (secondary N) is 1. The molecule has 0 saturated carbocycles. The van der Waals surface area contributed by atoms with Crippen LogP contribution in [-0.4, -0.2) is 66.8 Å². The molecular formula is C13H19N7O. The number of hydrogen-bond donors (Lipinski definition) is 1. The Morgan fingerprint density at radius 1 is 1.38 bits per heavy atom. The van der Waals surface area contributed by atoms with Crippen LogP contribution in [0.2, 0.25) is 0 Å². The number of aromatic amines is 1. The molecule has 0 radical (unpaired) electrons. The second-order valence-electron chi connectivity index (χ2n) is 5.20. The molecule has 2 aromatic heterocycles. The maximum absolute atomic E-state index is 12.4. The first kappa shape index (κ1) is 13.7. The van der Waals surface area contributed by atoms with Crippen molar-refractivity contribution in [2.45, 2.75) is 19.5 Å². The fraction of sp³-hybridized carbons (Fsp3) is 0.538. The van der Waals surface area contributed by atoms with Gasteiger partial charge in [0.15, 0.2) is 0 Å². The van der Waals surface area contributed by atoms with E-state index in [-0.39, 0.29) is 11.9 Å². The molecule has 0 aromatic carbocycles. The van der Waals surface area contributed by atoms with E-state index in [1.807, 2.05) is 24.1 Å². The summed E-state index contributed by atoms with van der Waals surface area (Å²) in [5.74, 6) is 0.984. The van der Waals surface area contributed by atoms with Gasteiger partial charge in [0.25, 0.3) is 0 Å². The molecule has 8 nitrogen and oxygen atoms in total. The summed E-state index contributed by atoms with van der Waals surface area (Å²) in [6, 6.07) is 1.58. The smallest absolute Gasteiger partial charge is 0.247 e. The first-order valence-corrected chi connectivity index (χ1v) is 7.08. The highest BCUT2D eigenvalue weighted by Crippen LogP contribution is 2.12. The Morgan fingerprint density at radius 3 is 2.81 bits per heavy atom. The molecule has 1 aliphatic heterocycles. The van der Waals surface area contributed by atoms with Crippen LogP contribution in [0.4, 0.5) is 0 Å². The van der Waals surface area contributed by atoms with Gasteiger partial charge >= 0.3 is 0 Å². The van der Waals surface area contributed by atoms with Crippen molar-refractivity contribution in [1.29, 1.82) is 0 Å². The first-order valence-electron chi connectivity index (χ1n) is 7.08. The number of aromatic nitrogens is 5. The van der Waals surface area contributed by atoms with Crippen molar-refractivity contribution in [3.8, 4) is 0 Å². The van der Waals surface area contributed by atoms with E-state index >= 15 is 0 Å². The first-order chi connectivity index (χ1) is 10.2. The van der Waals surface area contributed by atoms with Gasteiger partial charge in [0.05, 0.1) is 6.54 Å². The Kier molecular flexibility index (Phi) is 3.96. The van der Waals surface area contributed by atoms with Crippen LogP contribution in [-0.2, 0) is 11.3 Å². The van der Waals surface area contributed by atoms with Gasteiger partial charge < -0.3 is 4.90 Å². The van der Waals surface area contributed by atoms with Gasteiger partial charge in [0.1, 0.15) is 18.2 Å². The summed E-state index contributed by atoms with van der Waals surface area (Å²) in [6.07, 6.45) is 5.03. The van der Waals surface area contributed by atoms with Crippen LogP contribution in [0.3, 0.4) is 0 Å². The van der Waals surface area contributed by atoms with Crippen molar-refractivity contribution < 1.29 is 4.79 Å². The molecule has 21 heavy (non-hydrogen) atoms. The average Bonchev–Trinajstić information content (AvgIpc) is 3.20. The lowest BCUT2D eigenvalue weighted by molar-refractivity contribution is -0.136. The lowest BCUT2D eigenvalue weighted by Crippen LogP contribution is -2.50. The van der Waals surface area contributed by atoms with E-state index in [1.165, 1.54) is 6.33 Å².